The Balaban J connectivity index is 0.856. The highest BCUT2D eigenvalue weighted by atomic mass is 32.2. The number of ether oxygens (including phenoxy) is 3. The molecule has 4 fully saturated rings. The lowest BCUT2D eigenvalue weighted by atomic mass is 9.59. The van der Waals surface area contributed by atoms with Crippen molar-refractivity contribution < 1.29 is 32.3 Å². The number of anilines is 4. The van der Waals surface area contributed by atoms with E-state index < -0.39 is 31.4 Å². The number of fused-ring (bicyclic) bond motifs is 3. The molecular weight excluding hydrogens is 885 g/mol. The third kappa shape index (κ3) is 8.29. The first-order valence-corrected chi connectivity index (χ1v) is 25.9. The van der Waals surface area contributed by atoms with Crippen LogP contribution in [0.3, 0.4) is 0 Å². The molecule has 3 saturated heterocycles. The van der Waals surface area contributed by atoms with Crippen molar-refractivity contribution in [2.75, 3.05) is 67.7 Å². The number of benzene rings is 3. The van der Waals surface area contributed by atoms with Crippen molar-refractivity contribution in [2.24, 2.45) is 11.3 Å². The highest BCUT2D eigenvalue weighted by Gasteiger charge is 2.50. The van der Waals surface area contributed by atoms with Crippen molar-refractivity contribution in [3.8, 4) is 11.6 Å². The summed E-state index contributed by atoms with van der Waals surface area (Å²) in [5.41, 5.74) is 5.84. The molecule has 2 atom stereocenters. The number of amides is 1. The first kappa shape index (κ1) is 44.6. The van der Waals surface area contributed by atoms with Crippen LogP contribution >= 0.6 is 0 Å². The first-order valence-electron chi connectivity index (χ1n) is 24.4. The first-order chi connectivity index (χ1) is 32.9. The highest BCUT2D eigenvalue weighted by Crippen LogP contribution is 2.54. The van der Waals surface area contributed by atoms with Gasteiger partial charge in [-0.25, -0.2) is 13.1 Å². The molecule has 11 rings (SSSR count). The van der Waals surface area contributed by atoms with Gasteiger partial charge in [0.25, 0.3) is 21.6 Å². The summed E-state index contributed by atoms with van der Waals surface area (Å²) in [6.45, 7) is 9.74. The van der Waals surface area contributed by atoms with Gasteiger partial charge in [0.1, 0.15) is 17.9 Å². The molecule has 0 bridgehead atoms. The number of H-pyrrole nitrogens is 1. The van der Waals surface area contributed by atoms with Crippen LogP contribution in [0.4, 0.5) is 28.4 Å². The zero-order valence-corrected chi connectivity index (χ0v) is 39.6. The zero-order valence-electron chi connectivity index (χ0n) is 38.7. The van der Waals surface area contributed by atoms with Crippen LogP contribution in [0.15, 0.2) is 77.8 Å². The summed E-state index contributed by atoms with van der Waals surface area (Å²) in [6, 6.07) is 21.6. The van der Waals surface area contributed by atoms with E-state index in [0.29, 0.717) is 79.1 Å². The van der Waals surface area contributed by atoms with Gasteiger partial charge in [-0.1, -0.05) is 38.1 Å². The third-order valence-corrected chi connectivity index (χ3v) is 17.0. The topological polar surface area (TPSA) is 184 Å². The van der Waals surface area contributed by atoms with Crippen LogP contribution in [0.25, 0.3) is 11.0 Å². The van der Waals surface area contributed by atoms with Gasteiger partial charge in [0.15, 0.2) is 11.4 Å². The second-order valence-corrected chi connectivity index (χ2v) is 21.7. The van der Waals surface area contributed by atoms with Gasteiger partial charge < -0.3 is 34.3 Å². The fourth-order valence-corrected chi connectivity index (χ4v) is 13.0. The maximum atomic E-state index is 14.5. The Bertz CT molecular complexity index is 2850. The molecule has 0 unspecified atom stereocenters. The van der Waals surface area contributed by atoms with E-state index >= 15 is 0 Å². The number of aromatic amines is 1. The SMILES string of the molecule is CC(C)c1ccccc1[C@@H]1CCCN1C1CC2(CCN(c3ccc(C(=O)NS(=O)(=O)c4cc5c(c([N+](=O)[O-])c4)N[C@@H](C4CCOCC4)CO5)c(N4CCCOc5nc6[nH]ccc6cc54)c3)CC2)C1. The summed E-state index contributed by atoms with van der Waals surface area (Å²) in [7, 11) is -4.65. The number of nitro benzene ring substituents is 1. The number of sulfonamides is 1. The number of carbonyl (C=O) groups excluding carboxylic acids is 1. The van der Waals surface area contributed by atoms with Gasteiger partial charge in [0, 0.05) is 74.3 Å². The minimum atomic E-state index is -4.65. The Labute approximate surface area is 396 Å². The van der Waals surface area contributed by atoms with Crippen LogP contribution in [-0.2, 0) is 14.8 Å². The summed E-state index contributed by atoms with van der Waals surface area (Å²) in [5, 5.41) is 16.6. The fraction of sp³-hybridized carbons (Fsp3) is 0.490. The van der Waals surface area contributed by atoms with Crippen molar-refractivity contribution in [2.45, 2.75) is 101 Å². The Kier molecular flexibility index (Phi) is 11.7. The van der Waals surface area contributed by atoms with Gasteiger partial charge >= 0.3 is 0 Å². The number of rotatable bonds is 10. The van der Waals surface area contributed by atoms with Gasteiger partial charge in [-0.2, -0.15) is 4.98 Å². The highest BCUT2D eigenvalue weighted by molar-refractivity contribution is 7.90. The second-order valence-electron chi connectivity index (χ2n) is 20.0. The summed E-state index contributed by atoms with van der Waals surface area (Å²) in [6.07, 6.45) is 11.0. The Morgan fingerprint density at radius 2 is 1.74 bits per heavy atom. The van der Waals surface area contributed by atoms with Gasteiger partial charge in [0.05, 0.1) is 33.7 Å². The quantitative estimate of drug-likeness (QED) is 0.0892. The lowest BCUT2D eigenvalue weighted by Gasteiger charge is -2.56. The normalized spacial score (nSPS) is 22.2. The number of nitrogens with one attached hydrogen (secondary N) is 3. The number of likely N-dealkylation sites (tertiary alicyclic amines) is 1. The number of hydrogen-bond donors (Lipinski definition) is 3. The molecule has 358 valence electrons. The maximum absolute atomic E-state index is 14.5. The van der Waals surface area contributed by atoms with Crippen molar-refractivity contribution in [3.63, 3.8) is 0 Å². The predicted molar refractivity (Wildman–Crippen MR) is 260 cm³/mol. The number of aromatic nitrogens is 2. The van der Waals surface area contributed by atoms with Crippen LogP contribution in [0, 0.1) is 21.4 Å². The van der Waals surface area contributed by atoms with E-state index in [1.807, 2.05) is 35.4 Å². The third-order valence-electron chi connectivity index (χ3n) is 15.7. The van der Waals surface area contributed by atoms with Gasteiger partial charge in [-0.15, -0.1) is 0 Å². The van der Waals surface area contributed by atoms with Gasteiger partial charge in [-0.3, -0.25) is 19.8 Å². The van der Waals surface area contributed by atoms with Crippen molar-refractivity contribution in [3.05, 3.63) is 99.7 Å². The molecule has 7 heterocycles. The molecule has 2 aromatic heterocycles. The predicted octanol–water partition coefficient (Wildman–Crippen LogP) is 8.82. The summed E-state index contributed by atoms with van der Waals surface area (Å²) >= 11 is 0. The zero-order chi connectivity index (χ0) is 46.7. The Morgan fingerprint density at radius 3 is 2.53 bits per heavy atom. The largest absolute Gasteiger partial charge is 0.489 e. The molecule has 1 amide bonds. The van der Waals surface area contributed by atoms with Gasteiger partial charge in [0.2, 0.25) is 5.88 Å². The van der Waals surface area contributed by atoms with Crippen LogP contribution in [0.1, 0.15) is 105 Å². The average Bonchev–Trinajstić information content (AvgIpc) is 3.97. The molecule has 5 aromatic rings. The number of pyridine rings is 1. The van der Waals surface area contributed by atoms with Crippen molar-refractivity contribution in [1.82, 2.24) is 19.6 Å². The molecule has 68 heavy (non-hydrogen) atoms. The van der Waals surface area contributed by atoms with E-state index in [0.717, 1.165) is 62.5 Å². The monoisotopic (exact) mass is 944 g/mol. The second kappa shape index (κ2) is 17.9. The van der Waals surface area contributed by atoms with Crippen molar-refractivity contribution in [1.29, 1.82) is 0 Å². The molecule has 5 aliphatic heterocycles. The van der Waals surface area contributed by atoms with E-state index in [-0.39, 0.29) is 35.6 Å². The minimum absolute atomic E-state index is 0.0403. The number of hydrogen-bond acceptors (Lipinski definition) is 13. The Hall–Kier alpha value is -5.91. The van der Waals surface area contributed by atoms with E-state index in [1.54, 1.807) is 6.07 Å². The molecular formula is C51H60N8O8S. The summed E-state index contributed by atoms with van der Waals surface area (Å²) in [5.74, 6) is 0.248. The number of nitro groups is 1. The molecule has 16 nitrogen and oxygen atoms in total. The Morgan fingerprint density at radius 1 is 0.926 bits per heavy atom. The number of piperidine rings is 1. The van der Waals surface area contributed by atoms with Crippen LogP contribution in [0.5, 0.6) is 11.6 Å². The van der Waals surface area contributed by atoms with Crippen molar-refractivity contribution >= 4 is 55.4 Å². The maximum Gasteiger partial charge on any atom is 0.297 e. The molecule has 3 N–H and O–H groups in total. The van der Waals surface area contributed by atoms with Crippen LogP contribution in [0.2, 0.25) is 0 Å². The average molecular weight is 945 g/mol. The van der Waals surface area contributed by atoms with Crippen LogP contribution in [-0.4, -0.2) is 98.8 Å². The molecule has 6 aliphatic rings. The minimum Gasteiger partial charge on any atom is -0.489 e. The van der Waals surface area contributed by atoms with E-state index in [9.17, 15) is 23.3 Å². The van der Waals surface area contributed by atoms with E-state index in [1.165, 1.54) is 42.9 Å². The molecule has 1 spiro atoms. The van der Waals surface area contributed by atoms with E-state index in [4.69, 9.17) is 19.2 Å². The molecule has 17 heteroatoms. The molecule has 0 radical (unpaired) electrons. The number of nitrogens with zero attached hydrogens (tertiary/aromatic N) is 5. The molecule has 1 aliphatic carbocycles. The standard InChI is InChI=1S/C51H60N8O8S/c1-32(2)38-7-3-4-8-39(38)42-9-5-18-57(42)36-29-51(30-36)15-20-56(21-16-51)35-10-11-40(43(26-35)58-19-6-22-66-50-45(58)25-34-12-17-52-48(34)54-50)49(60)55-68(63,64)37-27-44(59(61)62)47-46(28-37)67-31-41(53-47)33-13-23-65-24-14-33/h3-4,7-8,10-12,17,25-28,32-33,36,41-42,53H,5-6,9,13-16,18-24,29-31H2,1-2H3,(H,52,54)(H,55,60)/t41-,42+/m1/s1. The van der Waals surface area contributed by atoms with Crippen LogP contribution < -0.4 is 29.3 Å². The molecule has 1 saturated carbocycles. The number of carbonyl (C=O) groups is 1. The fourth-order valence-electron chi connectivity index (χ4n) is 12.0. The summed E-state index contributed by atoms with van der Waals surface area (Å²) < 4.78 is 48.3. The van der Waals surface area contributed by atoms with E-state index in [2.05, 4.69) is 62.9 Å². The lowest BCUT2D eigenvalue weighted by Crippen LogP contribution is -2.55. The summed E-state index contributed by atoms with van der Waals surface area (Å²) in [4.78, 5) is 41.0. The smallest absolute Gasteiger partial charge is 0.297 e. The lowest BCUT2D eigenvalue weighted by molar-refractivity contribution is -0.384. The van der Waals surface area contributed by atoms with Gasteiger partial charge in [-0.05, 0) is 123 Å². The molecule has 3 aromatic carbocycles.